The number of hydrogen-bond donors (Lipinski definition) is 1. The van der Waals surface area contributed by atoms with Crippen molar-refractivity contribution in [3.63, 3.8) is 0 Å². The molecule has 10 aromatic rings. The number of benzene rings is 7. The molecule has 0 saturated heterocycles. The molecule has 0 spiro atoms. The van der Waals surface area contributed by atoms with Crippen LogP contribution < -0.4 is 16.0 Å². The Morgan fingerprint density at radius 1 is 0.649 bits per heavy atom. The van der Waals surface area contributed by atoms with Gasteiger partial charge in [0.25, 0.3) is 0 Å². The molecule has 6 heteroatoms. The molecule has 7 aromatic carbocycles. The minimum absolute atomic E-state index is 0.252. The summed E-state index contributed by atoms with van der Waals surface area (Å²) in [4.78, 5) is 10.4. The van der Waals surface area contributed by atoms with Gasteiger partial charge in [0.15, 0.2) is 5.84 Å². The summed E-state index contributed by atoms with van der Waals surface area (Å²) in [5.74, 6) is 1.59. The predicted molar refractivity (Wildman–Crippen MR) is 238 cm³/mol. The van der Waals surface area contributed by atoms with E-state index in [1.54, 1.807) is 0 Å². The van der Waals surface area contributed by atoms with Crippen LogP contribution in [0.4, 0.5) is 0 Å². The Morgan fingerprint density at radius 2 is 1.37 bits per heavy atom. The minimum Gasteiger partial charge on any atom is -0.456 e. The van der Waals surface area contributed by atoms with Gasteiger partial charge in [0.1, 0.15) is 23.0 Å². The second-order valence-electron chi connectivity index (χ2n) is 14.8. The Kier molecular flexibility index (Phi) is 7.22. The lowest BCUT2D eigenvalue weighted by atomic mass is 9.97. The molecule has 57 heavy (non-hydrogen) atoms. The first-order valence-corrected chi connectivity index (χ1v) is 20.3. The molecule has 1 aliphatic carbocycles. The molecule has 0 fully saturated rings. The number of amidine groups is 2. The quantitative estimate of drug-likeness (QED) is 0.190. The van der Waals surface area contributed by atoms with Gasteiger partial charge in [-0.3, -0.25) is 0 Å². The van der Waals surface area contributed by atoms with Crippen molar-refractivity contribution < 1.29 is 4.42 Å². The van der Waals surface area contributed by atoms with Crippen LogP contribution in [0.3, 0.4) is 0 Å². The van der Waals surface area contributed by atoms with E-state index in [0.717, 1.165) is 68.4 Å². The van der Waals surface area contributed by atoms with Crippen LogP contribution in [0.25, 0.3) is 81.4 Å². The second-order valence-corrected chi connectivity index (χ2v) is 15.9. The van der Waals surface area contributed by atoms with Crippen LogP contribution in [0.15, 0.2) is 178 Å². The number of thiophene rings is 1. The first-order chi connectivity index (χ1) is 28.3. The normalized spacial score (nSPS) is 15.5. The molecular formula is C51H34N4OS. The molecule has 1 N–H and O–H groups in total. The number of rotatable bonds is 5. The van der Waals surface area contributed by atoms with Crippen LogP contribution in [0.1, 0.15) is 30.1 Å². The topological polar surface area (TPSA) is 54.8 Å². The number of aliphatic imine (C=N–C) groups is 2. The van der Waals surface area contributed by atoms with Gasteiger partial charge < -0.3 is 14.3 Å². The summed E-state index contributed by atoms with van der Waals surface area (Å²) in [5.41, 5.74) is 11.0. The molecule has 1 unspecified atom stereocenters. The van der Waals surface area contributed by atoms with E-state index >= 15 is 0 Å². The number of aromatic nitrogens is 1. The molecule has 1 aliphatic heterocycles. The highest BCUT2D eigenvalue weighted by Gasteiger charge is 2.25. The Bertz CT molecular complexity index is 3390. The van der Waals surface area contributed by atoms with E-state index in [-0.39, 0.29) is 6.17 Å². The first-order valence-electron chi connectivity index (χ1n) is 19.5. The Labute approximate surface area is 331 Å². The molecule has 0 bridgehead atoms. The molecular weight excluding hydrogens is 717 g/mol. The van der Waals surface area contributed by atoms with Gasteiger partial charge in [0.2, 0.25) is 0 Å². The summed E-state index contributed by atoms with van der Waals surface area (Å²) in [6, 6.07) is 58.4. The van der Waals surface area contributed by atoms with Crippen LogP contribution in [-0.4, -0.2) is 16.2 Å². The zero-order valence-electron chi connectivity index (χ0n) is 30.8. The third-order valence-electron chi connectivity index (χ3n) is 11.6. The van der Waals surface area contributed by atoms with Crippen LogP contribution in [-0.2, 0) is 0 Å². The van der Waals surface area contributed by atoms with E-state index in [4.69, 9.17) is 14.4 Å². The number of furan rings is 1. The SMILES string of the molecule is C1=c2oc3cc(-c4cccc5c4sc4cccc(-n6c7ccccc7c7ccccc76)c45)ccc3c2=C(C2=NC(c3ccccc3)NC(c3ccccc3)=N2)CC1. The lowest BCUT2D eigenvalue weighted by Gasteiger charge is -2.24. The first kappa shape index (κ1) is 32.2. The van der Waals surface area contributed by atoms with Crippen molar-refractivity contribution in [3.8, 4) is 16.8 Å². The van der Waals surface area contributed by atoms with Gasteiger partial charge in [0, 0.05) is 52.7 Å². The summed E-state index contributed by atoms with van der Waals surface area (Å²) in [6.07, 6.45) is 3.67. The number of fused-ring (bicyclic) bond motifs is 9. The van der Waals surface area contributed by atoms with Gasteiger partial charge in [-0.2, -0.15) is 0 Å². The maximum atomic E-state index is 6.72. The third kappa shape index (κ3) is 5.07. The van der Waals surface area contributed by atoms with Crippen molar-refractivity contribution in [1.82, 2.24) is 9.88 Å². The number of nitrogens with one attached hydrogen (secondary N) is 1. The number of hydrogen-bond acceptors (Lipinski definition) is 5. The molecule has 0 radical (unpaired) electrons. The van der Waals surface area contributed by atoms with E-state index in [1.807, 2.05) is 23.5 Å². The van der Waals surface area contributed by atoms with Crippen molar-refractivity contribution in [1.29, 1.82) is 0 Å². The largest absolute Gasteiger partial charge is 0.456 e. The average Bonchev–Trinajstić information content (AvgIpc) is 3.96. The highest BCUT2D eigenvalue weighted by atomic mass is 32.1. The zero-order chi connectivity index (χ0) is 37.5. The minimum atomic E-state index is -0.252. The van der Waals surface area contributed by atoms with E-state index in [9.17, 15) is 0 Å². The van der Waals surface area contributed by atoms with Crippen molar-refractivity contribution in [2.24, 2.45) is 9.98 Å². The van der Waals surface area contributed by atoms with E-state index in [2.05, 4.69) is 168 Å². The van der Waals surface area contributed by atoms with Gasteiger partial charge in [-0.15, -0.1) is 11.3 Å². The van der Waals surface area contributed by atoms with Gasteiger partial charge in [0.05, 0.1) is 16.7 Å². The predicted octanol–water partition coefficient (Wildman–Crippen LogP) is 11.4. The van der Waals surface area contributed by atoms with Crippen LogP contribution >= 0.6 is 11.3 Å². The van der Waals surface area contributed by atoms with Crippen molar-refractivity contribution >= 4 is 87.6 Å². The van der Waals surface area contributed by atoms with Crippen LogP contribution in [0.2, 0.25) is 0 Å². The molecule has 270 valence electrons. The summed E-state index contributed by atoms with van der Waals surface area (Å²) < 4.78 is 11.7. The van der Waals surface area contributed by atoms with E-state index in [0.29, 0.717) is 0 Å². The van der Waals surface area contributed by atoms with Crippen molar-refractivity contribution in [3.05, 3.63) is 186 Å². The fourth-order valence-corrected chi connectivity index (χ4v) is 10.3. The zero-order valence-corrected chi connectivity index (χ0v) is 31.6. The van der Waals surface area contributed by atoms with Crippen LogP contribution in [0, 0.1) is 0 Å². The molecule has 2 aliphatic rings. The van der Waals surface area contributed by atoms with E-state index < -0.39 is 0 Å². The maximum absolute atomic E-state index is 6.72. The van der Waals surface area contributed by atoms with Crippen LogP contribution in [0.5, 0.6) is 0 Å². The fraction of sp³-hybridized carbons (Fsp3) is 0.0588. The maximum Gasteiger partial charge on any atom is 0.156 e. The lowest BCUT2D eigenvalue weighted by molar-refractivity contribution is 0.571. The Morgan fingerprint density at radius 3 is 2.18 bits per heavy atom. The van der Waals surface area contributed by atoms with Gasteiger partial charge in [-0.05, 0) is 72.0 Å². The average molecular weight is 751 g/mol. The van der Waals surface area contributed by atoms with E-state index in [1.165, 1.54) is 53.2 Å². The monoisotopic (exact) mass is 750 g/mol. The standard InChI is InChI=1S/C51H34N4OS/c1-3-14-31(15-4-1)49-52-50(32-16-5-2-6-17-32)54-51(53-49)39-22-12-26-43-46(39)37-29-28-33(30-44(37)56-43)34-20-11-21-38-47-42(25-13-27-45(47)57-48(34)38)55-40-23-9-7-18-35(40)36-19-8-10-24-41(36)55/h1-11,13-21,23-30,49H,12,22H2,(H,52,53,54). The second kappa shape index (κ2) is 12.8. The summed E-state index contributed by atoms with van der Waals surface area (Å²) in [6.45, 7) is 0. The molecule has 1 atom stereocenters. The third-order valence-corrected chi connectivity index (χ3v) is 12.8. The highest BCUT2D eigenvalue weighted by molar-refractivity contribution is 7.26. The van der Waals surface area contributed by atoms with Crippen molar-refractivity contribution in [2.75, 3.05) is 0 Å². The van der Waals surface area contributed by atoms with Gasteiger partial charge >= 0.3 is 0 Å². The summed E-state index contributed by atoms with van der Waals surface area (Å²) in [5, 5.41) is 10.9. The van der Waals surface area contributed by atoms with Gasteiger partial charge in [-0.1, -0.05) is 127 Å². The smallest absolute Gasteiger partial charge is 0.156 e. The molecule has 0 saturated carbocycles. The highest BCUT2D eigenvalue weighted by Crippen LogP contribution is 2.44. The number of nitrogens with zero attached hydrogens (tertiary/aromatic N) is 3. The molecule has 0 amide bonds. The Balaban J connectivity index is 1.02. The number of para-hydroxylation sites is 2. The Hall–Kier alpha value is -7.02. The molecule has 4 heterocycles. The lowest BCUT2D eigenvalue weighted by Crippen LogP contribution is -2.36. The molecule has 5 nitrogen and oxygen atoms in total. The van der Waals surface area contributed by atoms with Crippen molar-refractivity contribution in [2.45, 2.75) is 19.0 Å². The van der Waals surface area contributed by atoms with Gasteiger partial charge in [-0.25, -0.2) is 9.98 Å². The summed E-state index contributed by atoms with van der Waals surface area (Å²) in [7, 11) is 0. The molecule has 12 rings (SSSR count). The summed E-state index contributed by atoms with van der Waals surface area (Å²) >= 11 is 1.86. The fourth-order valence-electron chi connectivity index (χ4n) is 8.99. The molecule has 3 aromatic heterocycles.